The molecule has 0 radical (unpaired) electrons. The topological polar surface area (TPSA) is 46.3 Å². The lowest BCUT2D eigenvalue weighted by Crippen LogP contribution is -2.44. The van der Waals surface area contributed by atoms with Gasteiger partial charge in [0.15, 0.2) is 0 Å². The van der Waals surface area contributed by atoms with Crippen molar-refractivity contribution >= 4 is 11.6 Å². The molecule has 0 spiro atoms. The van der Waals surface area contributed by atoms with E-state index in [1.54, 1.807) is 0 Å². The predicted molar refractivity (Wildman–Crippen MR) is 86.1 cm³/mol. The first-order chi connectivity index (χ1) is 10.1. The van der Waals surface area contributed by atoms with E-state index < -0.39 is 0 Å². The maximum atomic E-state index is 13.2. The van der Waals surface area contributed by atoms with Gasteiger partial charge in [-0.15, -0.1) is 0 Å². The fourth-order valence-electron chi connectivity index (χ4n) is 3.87. The molecule has 3 heteroatoms. The number of nitrogens with two attached hydrogens (primary N) is 1. The molecule has 1 aliphatic carbocycles. The second-order valence-electron chi connectivity index (χ2n) is 6.89. The number of amides is 1. The Bertz CT molecular complexity index is 520. The van der Waals surface area contributed by atoms with Crippen molar-refractivity contribution in [2.75, 3.05) is 11.4 Å². The summed E-state index contributed by atoms with van der Waals surface area (Å²) in [4.78, 5) is 15.2. The Morgan fingerprint density at radius 2 is 1.90 bits per heavy atom. The summed E-state index contributed by atoms with van der Waals surface area (Å²) in [6.45, 7) is 2.96. The third-order valence-electron chi connectivity index (χ3n) is 5.24. The average Bonchev–Trinajstić information content (AvgIpc) is 2.67. The van der Waals surface area contributed by atoms with E-state index in [2.05, 4.69) is 19.1 Å². The molecule has 1 amide bonds. The summed E-state index contributed by atoms with van der Waals surface area (Å²) in [7, 11) is 0. The molecule has 2 aliphatic rings. The van der Waals surface area contributed by atoms with Crippen LogP contribution < -0.4 is 10.6 Å². The third-order valence-corrected chi connectivity index (χ3v) is 5.24. The number of rotatable bonds is 1. The quantitative estimate of drug-likeness (QED) is 0.854. The highest BCUT2D eigenvalue weighted by Gasteiger charge is 2.39. The molecule has 21 heavy (non-hydrogen) atoms. The second-order valence-corrected chi connectivity index (χ2v) is 6.89. The SMILES string of the molecule is CC1(C(=O)N2CCCC(N)c3ccccc32)CCCCC1. The monoisotopic (exact) mass is 286 g/mol. The summed E-state index contributed by atoms with van der Waals surface area (Å²) in [5, 5.41) is 0. The van der Waals surface area contributed by atoms with Crippen molar-refractivity contribution < 1.29 is 4.79 Å². The van der Waals surface area contributed by atoms with Crippen molar-refractivity contribution in [2.45, 2.75) is 57.9 Å². The zero-order valence-electron chi connectivity index (χ0n) is 13.0. The first-order valence-corrected chi connectivity index (χ1v) is 8.28. The van der Waals surface area contributed by atoms with Crippen molar-refractivity contribution in [2.24, 2.45) is 11.1 Å². The molecule has 3 rings (SSSR count). The summed E-state index contributed by atoms with van der Waals surface area (Å²) in [5.41, 5.74) is 8.27. The largest absolute Gasteiger partial charge is 0.324 e. The molecule has 0 saturated heterocycles. The number of para-hydroxylation sites is 1. The number of benzene rings is 1. The normalized spacial score (nSPS) is 25.0. The molecule has 1 aromatic carbocycles. The van der Waals surface area contributed by atoms with Gasteiger partial charge in [0.2, 0.25) is 5.91 Å². The Balaban J connectivity index is 1.94. The third kappa shape index (κ3) is 2.71. The Kier molecular flexibility index (Phi) is 4.03. The maximum Gasteiger partial charge on any atom is 0.232 e. The van der Waals surface area contributed by atoms with Gasteiger partial charge in [0.1, 0.15) is 0 Å². The zero-order valence-corrected chi connectivity index (χ0v) is 13.0. The second kappa shape index (κ2) is 5.80. The fraction of sp³-hybridized carbons (Fsp3) is 0.611. The van der Waals surface area contributed by atoms with Crippen LogP contribution in [-0.2, 0) is 4.79 Å². The first kappa shape index (κ1) is 14.6. The van der Waals surface area contributed by atoms with Gasteiger partial charge in [-0.3, -0.25) is 4.79 Å². The van der Waals surface area contributed by atoms with Crippen LogP contribution >= 0.6 is 0 Å². The van der Waals surface area contributed by atoms with Gasteiger partial charge in [0.25, 0.3) is 0 Å². The van der Waals surface area contributed by atoms with Crippen LogP contribution in [0.4, 0.5) is 5.69 Å². The number of carbonyl (C=O) groups excluding carboxylic acids is 1. The molecule has 1 atom stereocenters. The first-order valence-electron chi connectivity index (χ1n) is 8.28. The molecule has 1 heterocycles. The molecule has 0 bridgehead atoms. The van der Waals surface area contributed by atoms with Crippen LogP contribution in [0.2, 0.25) is 0 Å². The highest BCUT2D eigenvalue weighted by Crippen LogP contribution is 2.40. The molecule has 1 fully saturated rings. The molecule has 114 valence electrons. The smallest absolute Gasteiger partial charge is 0.232 e. The Morgan fingerprint density at radius 1 is 1.19 bits per heavy atom. The van der Waals surface area contributed by atoms with Crippen LogP contribution in [0.1, 0.15) is 63.5 Å². The minimum Gasteiger partial charge on any atom is -0.324 e. The lowest BCUT2D eigenvalue weighted by molar-refractivity contribution is -0.129. The summed E-state index contributed by atoms with van der Waals surface area (Å²) in [5.74, 6) is 0.309. The van der Waals surface area contributed by atoms with Crippen molar-refractivity contribution in [3.05, 3.63) is 29.8 Å². The zero-order chi connectivity index (χ0) is 14.9. The van der Waals surface area contributed by atoms with E-state index in [1.165, 1.54) is 19.3 Å². The number of carbonyl (C=O) groups is 1. The molecule has 0 aromatic heterocycles. The van der Waals surface area contributed by atoms with E-state index >= 15 is 0 Å². The number of anilines is 1. The van der Waals surface area contributed by atoms with Crippen LogP contribution in [0, 0.1) is 5.41 Å². The lowest BCUT2D eigenvalue weighted by Gasteiger charge is -2.37. The molecule has 1 unspecified atom stereocenters. The van der Waals surface area contributed by atoms with E-state index in [9.17, 15) is 4.79 Å². The van der Waals surface area contributed by atoms with Crippen LogP contribution in [0.15, 0.2) is 24.3 Å². The van der Waals surface area contributed by atoms with Crippen molar-refractivity contribution in [3.8, 4) is 0 Å². The van der Waals surface area contributed by atoms with Gasteiger partial charge in [-0.05, 0) is 37.3 Å². The Labute approximate surface area is 127 Å². The molecule has 3 nitrogen and oxygen atoms in total. The minimum absolute atomic E-state index is 0.0539. The van der Waals surface area contributed by atoms with Gasteiger partial charge in [0.05, 0.1) is 0 Å². The van der Waals surface area contributed by atoms with Gasteiger partial charge in [-0.1, -0.05) is 44.4 Å². The molecule has 1 aromatic rings. The van der Waals surface area contributed by atoms with E-state index in [1.807, 2.05) is 17.0 Å². The summed E-state index contributed by atoms with van der Waals surface area (Å²) < 4.78 is 0. The van der Waals surface area contributed by atoms with E-state index in [0.717, 1.165) is 43.5 Å². The molecule has 1 aliphatic heterocycles. The highest BCUT2D eigenvalue weighted by molar-refractivity contribution is 5.98. The van der Waals surface area contributed by atoms with Gasteiger partial charge in [0, 0.05) is 23.7 Å². The van der Waals surface area contributed by atoms with Gasteiger partial charge in [-0.25, -0.2) is 0 Å². The van der Waals surface area contributed by atoms with Crippen LogP contribution in [0.25, 0.3) is 0 Å². The maximum absolute atomic E-state index is 13.2. The van der Waals surface area contributed by atoms with E-state index in [-0.39, 0.29) is 11.5 Å². The van der Waals surface area contributed by atoms with Crippen LogP contribution in [-0.4, -0.2) is 12.5 Å². The van der Waals surface area contributed by atoms with Gasteiger partial charge < -0.3 is 10.6 Å². The molecular weight excluding hydrogens is 260 g/mol. The number of nitrogens with zero attached hydrogens (tertiary/aromatic N) is 1. The van der Waals surface area contributed by atoms with E-state index in [0.29, 0.717) is 5.91 Å². The van der Waals surface area contributed by atoms with Crippen molar-refractivity contribution in [3.63, 3.8) is 0 Å². The van der Waals surface area contributed by atoms with Gasteiger partial charge >= 0.3 is 0 Å². The van der Waals surface area contributed by atoms with Gasteiger partial charge in [-0.2, -0.15) is 0 Å². The number of hydrogen-bond donors (Lipinski definition) is 1. The summed E-state index contributed by atoms with van der Waals surface area (Å²) in [6, 6.07) is 8.23. The lowest BCUT2D eigenvalue weighted by atomic mass is 9.74. The Morgan fingerprint density at radius 3 is 2.67 bits per heavy atom. The Hall–Kier alpha value is -1.35. The number of fused-ring (bicyclic) bond motifs is 1. The molecule has 1 saturated carbocycles. The minimum atomic E-state index is -0.181. The standard InChI is InChI=1S/C18H26N2O/c1-18(11-5-2-6-12-18)17(21)20-13-7-9-15(19)14-8-3-4-10-16(14)20/h3-4,8,10,15H,2,5-7,9,11-13,19H2,1H3. The highest BCUT2D eigenvalue weighted by atomic mass is 16.2. The molecule has 2 N–H and O–H groups in total. The van der Waals surface area contributed by atoms with E-state index in [4.69, 9.17) is 5.73 Å². The van der Waals surface area contributed by atoms with Crippen molar-refractivity contribution in [1.29, 1.82) is 0 Å². The summed E-state index contributed by atoms with van der Waals surface area (Å²) >= 11 is 0. The van der Waals surface area contributed by atoms with Crippen LogP contribution in [0.3, 0.4) is 0 Å². The van der Waals surface area contributed by atoms with Crippen molar-refractivity contribution in [1.82, 2.24) is 0 Å². The average molecular weight is 286 g/mol. The van der Waals surface area contributed by atoms with Crippen LogP contribution in [0.5, 0.6) is 0 Å². The number of hydrogen-bond acceptors (Lipinski definition) is 2. The predicted octanol–water partition coefficient (Wildman–Crippen LogP) is 3.78. The molecular formula is C18H26N2O. The summed E-state index contributed by atoms with van der Waals surface area (Å²) in [6.07, 6.45) is 7.61. The fourth-order valence-corrected chi connectivity index (χ4v) is 3.87.